The van der Waals surface area contributed by atoms with Crippen molar-refractivity contribution in [2.75, 3.05) is 25.9 Å². The van der Waals surface area contributed by atoms with Crippen LogP contribution in [0.25, 0.3) is 0 Å². The lowest BCUT2D eigenvalue weighted by molar-refractivity contribution is 0.0285. The molecule has 3 nitrogen and oxygen atoms in total. The smallest absolute Gasteiger partial charge is 0.0698 e. The van der Waals surface area contributed by atoms with Gasteiger partial charge in [0.15, 0.2) is 0 Å². The van der Waals surface area contributed by atoms with E-state index in [0.29, 0.717) is 6.10 Å². The second-order valence-corrected chi connectivity index (χ2v) is 5.35. The molecule has 0 aromatic heterocycles. The number of benzene rings is 1. The van der Waals surface area contributed by atoms with Gasteiger partial charge in [0.2, 0.25) is 0 Å². The molecule has 0 radical (unpaired) electrons. The van der Waals surface area contributed by atoms with E-state index in [1.54, 1.807) is 7.11 Å². The molecule has 0 saturated carbocycles. The molecule has 94 valence electrons. The summed E-state index contributed by atoms with van der Waals surface area (Å²) in [5.41, 5.74) is 7.95. The van der Waals surface area contributed by atoms with Gasteiger partial charge in [-0.05, 0) is 46.9 Å². The Kier molecular flexibility index (Phi) is 4.42. The van der Waals surface area contributed by atoms with Gasteiger partial charge < -0.3 is 10.5 Å². The van der Waals surface area contributed by atoms with E-state index in [1.165, 1.54) is 18.4 Å². The van der Waals surface area contributed by atoms with E-state index in [9.17, 15) is 0 Å². The minimum absolute atomic E-state index is 0.378. The normalized spacial score (nSPS) is 21.6. The molecule has 2 N–H and O–H groups in total. The van der Waals surface area contributed by atoms with Gasteiger partial charge in [0, 0.05) is 30.4 Å². The van der Waals surface area contributed by atoms with Gasteiger partial charge >= 0.3 is 0 Å². The molecule has 1 aliphatic heterocycles. The van der Waals surface area contributed by atoms with Crippen molar-refractivity contribution in [3.63, 3.8) is 0 Å². The van der Waals surface area contributed by atoms with Crippen LogP contribution >= 0.6 is 15.9 Å². The zero-order valence-corrected chi connectivity index (χ0v) is 11.7. The number of anilines is 1. The lowest BCUT2D eigenvalue weighted by Crippen LogP contribution is -2.38. The fraction of sp³-hybridized carbons (Fsp3) is 0.538. The number of rotatable bonds is 3. The highest BCUT2D eigenvalue weighted by molar-refractivity contribution is 9.10. The highest BCUT2D eigenvalue weighted by Crippen LogP contribution is 2.26. The van der Waals surface area contributed by atoms with Gasteiger partial charge in [0.05, 0.1) is 6.10 Å². The van der Waals surface area contributed by atoms with Crippen molar-refractivity contribution < 1.29 is 4.74 Å². The summed E-state index contributed by atoms with van der Waals surface area (Å²) in [6.07, 6.45) is 2.76. The Bertz CT molecular complexity index is 384. The van der Waals surface area contributed by atoms with Crippen molar-refractivity contribution >= 4 is 21.6 Å². The molecule has 0 bridgehead atoms. The van der Waals surface area contributed by atoms with E-state index in [0.717, 1.165) is 29.8 Å². The Hall–Kier alpha value is -0.580. The minimum atomic E-state index is 0.378. The fourth-order valence-corrected chi connectivity index (χ4v) is 2.70. The SMILES string of the molecule is COC1CCCN(Cc2cccc(N)c2Br)C1. The number of hydrogen-bond acceptors (Lipinski definition) is 3. The Balaban J connectivity index is 2.02. The quantitative estimate of drug-likeness (QED) is 0.872. The fourth-order valence-electron chi connectivity index (χ4n) is 2.31. The predicted molar refractivity (Wildman–Crippen MR) is 73.9 cm³/mol. The van der Waals surface area contributed by atoms with Gasteiger partial charge in [-0.1, -0.05) is 12.1 Å². The standard InChI is InChI=1S/C13H19BrN2O/c1-17-11-5-3-7-16(9-11)8-10-4-2-6-12(15)13(10)14/h2,4,6,11H,3,5,7-9,15H2,1H3. The van der Waals surface area contributed by atoms with Crippen molar-refractivity contribution in [1.29, 1.82) is 0 Å². The summed E-state index contributed by atoms with van der Waals surface area (Å²) in [7, 11) is 1.80. The first-order chi connectivity index (χ1) is 8.20. The van der Waals surface area contributed by atoms with Crippen LogP contribution < -0.4 is 5.73 Å². The molecular weight excluding hydrogens is 280 g/mol. The van der Waals surface area contributed by atoms with Gasteiger partial charge in [0.25, 0.3) is 0 Å². The Morgan fingerprint density at radius 3 is 3.12 bits per heavy atom. The van der Waals surface area contributed by atoms with E-state index in [2.05, 4.69) is 26.9 Å². The number of hydrogen-bond donors (Lipinski definition) is 1. The van der Waals surface area contributed by atoms with Crippen LogP contribution in [0.1, 0.15) is 18.4 Å². The average Bonchev–Trinajstić information content (AvgIpc) is 2.35. The zero-order chi connectivity index (χ0) is 12.3. The number of halogens is 1. The number of piperidine rings is 1. The lowest BCUT2D eigenvalue weighted by atomic mass is 10.1. The van der Waals surface area contributed by atoms with Crippen LogP contribution in [0.3, 0.4) is 0 Å². The van der Waals surface area contributed by atoms with E-state index in [1.807, 2.05) is 12.1 Å². The summed E-state index contributed by atoms with van der Waals surface area (Å²) in [6, 6.07) is 6.05. The summed E-state index contributed by atoms with van der Waals surface area (Å²) in [5, 5.41) is 0. The van der Waals surface area contributed by atoms with Crippen LogP contribution in [-0.2, 0) is 11.3 Å². The topological polar surface area (TPSA) is 38.5 Å². The number of nitrogen functional groups attached to an aromatic ring is 1. The first-order valence-electron chi connectivity index (χ1n) is 5.98. The molecule has 1 unspecified atom stereocenters. The molecule has 0 amide bonds. The van der Waals surface area contributed by atoms with Crippen LogP contribution in [0.5, 0.6) is 0 Å². The van der Waals surface area contributed by atoms with Gasteiger partial charge in [-0.25, -0.2) is 0 Å². The molecule has 0 spiro atoms. The van der Waals surface area contributed by atoms with Gasteiger partial charge in [-0.3, -0.25) is 4.90 Å². The van der Waals surface area contributed by atoms with E-state index in [4.69, 9.17) is 10.5 Å². The van der Waals surface area contributed by atoms with Crippen molar-refractivity contribution in [2.45, 2.75) is 25.5 Å². The van der Waals surface area contributed by atoms with E-state index < -0.39 is 0 Å². The number of likely N-dealkylation sites (tertiary alicyclic amines) is 1. The molecule has 4 heteroatoms. The van der Waals surface area contributed by atoms with Crippen LogP contribution in [0.4, 0.5) is 5.69 Å². The Labute approximate surface area is 111 Å². The zero-order valence-electron chi connectivity index (χ0n) is 10.2. The van der Waals surface area contributed by atoms with Crippen molar-refractivity contribution in [3.05, 3.63) is 28.2 Å². The Morgan fingerprint density at radius 1 is 1.53 bits per heavy atom. The number of nitrogens with two attached hydrogens (primary N) is 1. The van der Waals surface area contributed by atoms with Gasteiger partial charge in [0.1, 0.15) is 0 Å². The molecule has 0 aliphatic carbocycles. The highest BCUT2D eigenvalue weighted by atomic mass is 79.9. The monoisotopic (exact) mass is 298 g/mol. The number of nitrogens with zero attached hydrogens (tertiary/aromatic N) is 1. The summed E-state index contributed by atoms with van der Waals surface area (Å²) >= 11 is 3.56. The molecule has 1 aromatic carbocycles. The maximum atomic E-state index is 5.89. The molecule has 2 rings (SSSR count). The minimum Gasteiger partial charge on any atom is -0.398 e. The second-order valence-electron chi connectivity index (χ2n) is 4.56. The molecule has 1 heterocycles. The first kappa shape index (κ1) is 12.9. The molecule has 1 aromatic rings. The molecule has 1 aliphatic rings. The highest BCUT2D eigenvalue weighted by Gasteiger charge is 2.20. The molecule has 1 fully saturated rings. The maximum absolute atomic E-state index is 5.89. The van der Waals surface area contributed by atoms with E-state index in [-0.39, 0.29) is 0 Å². The van der Waals surface area contributed by atoms with Crippen LogP contribution in [-0.4, -0.2) is 31.2 Å². The van der Waals surface area contributed by atoms with Crippen LogP contribution in [0.15, 0.2) is 22.7 Å². The third kappa shape index (κ3) is 3.21. The van der Waals surface area contributed by atoms with Crippen LogP contribution in [0, 0.1) is 0 Å². The van der Waals surface area contributed by atoms with Gasteiger partial charge in [-0.15, -0.1) is 0 Å². The van der Waals surface area contributed by atoms with Crippen molar-refractivity contribution in [3.8, 4) is 0 Å². The summed E-state index contributed by atoms with van der Waals surface area (Å²) in [6.45, 7) is 3.09. The van der Waals surface area contributed by atoms with E-state index >= 15 is 0 Å². The molecular formula is C13H19BrN2O. The lowest BCUT2D eigenvalue weighted by Gasteiger charge is -2.32. The first-order valence-corrected chi connectivity index (χ1v) is 6.78. The summed E-state index contributed by atoms with van der Waals surface area (Å²) in [5.74, 6) is 0. The van der Waals surface area contributed by atoms with Crippen molar-refractivity contribution in [2.24, 2.45) is 0 Å². The predicted octanol–water partition coefficient (Wildman–Crippen LogP) is 2.64. The second kappa shape index (κ2) is 5.85. The third-order valence-corrected chi connectivity index (χ3v) is 4.27. The van der Waals surface area contributed by atoms with Crippen molar-refractivity contribution in [1.82, 2.24) is 4.90 Å². The maximum Gasteiger partial charge on any atom is 0.0698 e. The summed E-state index contributed by atoms with van der Waals surface area (Å²) < 4.78 is 6.46. The molecule has 17 heavy (non-hydrogen) atoms. The number of methoxy groups -OCH3 is 1. The van der Waals surface area contributed by atoms with Crippen LogP contribution in [0.2, 0.25) is 0 Å². The van der Waals surface area contributed by atoms with Gasteiger partial charge in [-0.2, -0.15) is 0 Å². The third-order valence-electron chi connectivity index (χ3n) is 3.30. The largest absolute Gasteiger partial charge is 0.398 e. The average molecular weight is 299 g/mol. The molecule has 1 atom stereocenters. The molecule has 1 saturated heterocycles. The number of ether oxygens (including phenoxy) is 1. The Morgan fingerprint density at radius 2 is 2.35 bits per heavy atom. The summed E-state index contributed by atoms with van der Waals surface area (Å²) in [4.78, 5) is 2.43.